The van der Waals surface area contributed by atoms with E-state index < -0.39 is 5.97 Å². The van der Waals surface area contributed by atoms with E-state index >= 15 is 0 Å². The summed E-state index contributed by atoms with van der Waals surface area (Å²) in [5, 5.41) is 2.74. The molecule has 0 radical (unpaired) electrons. The predicted molar refractivity (Wildman–Crippen MR) is 68.9 cm³/mol. The minimum absolute atomic E-state index is 0. The van der Waals surface area contributed by atoms with E-state index in [1.165, 1.54) is 6.92 Å². The number of nitrogens with zero attached hydrogens (tertiary/aromatic N) is 1. The fraction of sp³-hybridized carbons (Fsp3) is 0.636. The fourth-order valence-electron chi connectivity index (χ4n) is 1.36. The standard InChI is InChI=1S/C11H20N2O3.ClH/c1-5-11(15)16-8-10(12-9(4)14)13(6-2)7-3;/h5,10H,1,6-8H2,2-4H3,(H,12,14);1H. The SMILES string of the molecule is C=CC(=O)OCC(NC(C)=O)N(CC)CC.Cl. The Hall–Kier alpha value is -1.07. The zero-order valence-corrected chi connectivity index (χ0v) is 11.4. The molecule has 1 N–H and O–H groups in total. The predicted octanol–water partition coefficient (Wildman–Crippen LogP) is 0.941. The van der Waals surface area contributed by atoms with Crippen molar-refractivity contribution in [3.05, 3.63) is 12.7 Å². The highest BCUT2D eigenvalue weighted by atomic mass is 35.5. The highest BCUT2D eigenvalue weighted by molar-refractivity contribution is 5.85. The number of amides is 1. The van der Waals surface area contributed by atoms with Crippen molar-refractivity contribution in [1.82, 2.24) is 10.2 Å². The monoisotopic (exact) mass is 264 g/mol. The summed E-state index contributed by atoms with van der Waals surface area (Å²) in [6, 6.07) is 0. The van der Waals surface area contributed by atoms with Crippen molar-refractivity contribution in [3.8, 4) is 0 Å². The second-order valence-corrected chi connectivity index (χ2v) is 3.27. The zero-order valence-electron chi connectivity index (χ0n) is 10.6. The summed E-state index contributed by atoms with van der Waals surface area (Å²) in [7, 11) is 0. The summed E-state index contributed by atoms with van der Waals surface area (Å²) < 4.78 is 4.93. The van der Waals surface area contributed by atoms with Crippen LogP contribution in [0.25, 0.3) is 0 Å². The van der Waals surface area contributed by atoms with E-state index in [1.54, 1.807) is 0 Å². The Morgan fingerprint density at radius 2 is 1.94 bits per heavy atom. The van der Waals surface area contributed by atoms with Gasteiger partial charge in [0.2, 0.25) is 5.91 Å². The van der Waals surface area contributed by atoms with Crippen LogP contribution in [0.3, 0.4) is 0 Å². The van der Waals surface area contributed by atoms with E-state index in [2.05, 4.69) is 11.9 Å². The molecule has 0 rings (SSSR count). The van der Waals surface area contributed by atoms with Crippen LogP contribution >= 0.6 is 12.4 Å². The third-order valence-electron chi connectivity index (χ3n) is 2.17. The van der Waals surface area contributed by atoms with E-state index in [4.69, 9.17) is 4.74 Å². The number of ether oxygens (including phenoxy) is 1. The van der Waals surface area contributed by atoms with Crippen molar-refractivity contribution in [2.45, 2.75) is 26.9 Å². The Kier molecular flexibility index (Phi) is 10.9. The first kappa shape index (κ1) is 18.3. The molecule has 1 amide bonds. The van der Waals surface area contributed by atoms with Gasteiger partial charge in [-0.2, -0.15) is 0 Å². The molecule has 0 aromatic rings. The first-order valence-electron chi connectivity index (χ1n) is 5.35. The van der Waals surface area contributed by atoms with E-state index in [9.17, 15) is 9.59 Å². The van der Waals surface area contributed by atoms with Crippen LogP contribution in [-0.4, -0.2) is 42.6 Å². The number of hydrogen-bond acceptors (Lipinski definition) is 4. The second-order valence-electron chi connectivity index (χ2n) is 3.27. The molecule has 0 fully saturated rings. The number of hydrogen-bond donors (Lipinski definition) is 1. The number of carbonyl (C=O) groups excluding carboxylic acids is 2. The van der Waals surface area contributed by atoms with Gasteiger partial charge in [-0.1, -0.05) is 20.4 Å². The molecule has 0 aromatic heterocycles. The number of nitrogens with one attached hydrogen (secondary N) is 1. The molecule has 0 aliphatic rings. The summed E-state index contributed by atoms with van der Waals surface area (Å²) >= 11 is 0. The lowest BCUT2D eigenvalue weighted by Crippen LogP contribution is -2.50. The summed E-state index contributed by atoms with van der Waals surface area (Å²) in [5.74, 6) is -0.630. The van der Waals surface area contributed by atoms with Crippen molar-refractivity contribution in [2.24, 2.45) is 0 Å². The van der Waals surface area contributed by atoms with E-state index in [1.807, 2.05) is 18.7 Å². The van der Waals surface area contributed by atoms with Gasteiger partial charge in [0, 0.05) is 13.0 Å². The molecule has 0 saturated heterocycles. The molecule has 0 heterocycles. The summed E-state index contributed by atoms with van der Waals surface area (Å²) in [6.45, 7) is 10.4. The van der Waals surface area contributed by atoms with Crippen molar-refractivity contribution >= 4 is 24.3 Å². The molecule has 0 aliphatic carbocycles. The Bertz CT molecular complexity index is 255. The first-order valence-corrected chi connectivity index (χ1v) is 5.35. The van der Waals surface area contributed by atoms with Gasteiger partial charge in [-0.05, 0) is 13.1 Å². The van der Waals surface area contributed by atoms with Gasteiger partial charge in [0.25, 0.3) is 0 Å². The van der Waals surface area contributed by atoms with Gasteiger partial charge in [-0.3, -0.25) is 9.69 Å². The third-order valence-corrected chi connectivity index (χ3v) is 2.17. The van der Waals surface area contributed by atoms with Crippen molar-refractivity contribution in [1.29, 1.82) is 0 Å². The Labute approximate surface area is 109 Å². The molecule has 100 valence electrons. The van der Waals surface area contributed by atoms with E-state index in [0.717, 1.165) is 19.2 Å². The third kappa shape index (κ3) is 7.76. The minimum Gasteiger partial charge on any atom is -0.459 e. The van der Waals surface area contributed by atoms with Crippen LogP contribution in [0.4, 0.5) is 0 Å². The van der Waals surface area contributed by atoms with Gasteiger partial charge in [-0.25, -0.2) is 4.79 Å². The van der Waals surface area contributed by atoms with Crippen LogP contribution in [0.15, 0.2) is 12.7 Å². The van der Waals surface area contributed by atoms with Gasteiger partial charge in [0.05, 0.1) is 0 Å². The molecule has 0 aromatic carbocycles. The lowest BCUT2D eigenvalue weighted by molar-refractivity contribution is -0.141. The largest absolute Gasteiger partial charge is 0.459 e. The summed E-state index contributed by atoms with van der Waals surface area (Å²) in [6.07, 6.45) is 0.823. The lowest BCUT2D eigenvalue weighted by Gasteiger charge is -2.29. The highest BCUT2D eigenvalue weighted by Crippen LogP contribution is 1.97. The first-order chi connectivity index (χ1) is 7.54. The minimum atomic E-state index is -0.484. The van der Waals surface area contributed by atoms with E-state index in [0.29, 0.717) is 0 Å². The van der Waals surface area contributed by atoms with Gasteiger partial charge < -0.3 is 10.1 Å². The number of esters is 1. The smallest absolute Gasteiger partial charge is 0.330 e. The fourth-order valence-corrected chi connectivity index (χ4v) is 1.36. The number of halogens is 1. The Morgan fingerprint density at radius 1 is 1.41 bits per heavy atom. The van der Waals surface area contributed by atoms with Crippen LogP contribution < -0.4 is 5.32 Å². The molecule has 0 spiro atoms. The van der Waals surface area contributed by atoms with E-state index in [-0.39, 0.29) is 31.1 Å². The molecule has 0 saturated carbocycles. The topological polar surface area (TPSA) is 58.6 Å². The van der Waals surface area contributed by atoms with Crippen LogP contribution in [0.1, 0.15) is 20.8 Å². The van der Waals surface area contributed by atoms with Gasteiger partial charge in [0.1, 0.15) is 12.8 Å². The van der Waals surface area contributed by atoms with Crippen molar-refractivity contribution in [3.63, 3.8) is 0 Å². The van der Waals surface area contributed by atoms with Crippen LogP contribution in [0.5, 0.6) is 0 Å². The molecule has 1 unspecified atom stereocenters. The molecule has 0 aliphatic heterocycles. The summed E-state index contributed by atoms with van der Waals surface area (Å²) in [4.78, 5) is 23.9. The molecule has 5 nitrogen and oxygen atoms in total. The second kappa shape index (κ2) is 10.1. The number of rotatable bonds is 7. The molecule has 1 atom stereocenters. The molecule has 6 heteroatoms. The van der Waals surface area contributed by atoms with Crippen LogP contribution in [-0.2, 0) is 14.3 Å². The van der Waals surface area contributed by atoms with Crippen LogP contribution in [0.2, 0.25) is 0 Å². The summed E-state index contributed by atoms with van der Waals surface area (Å²) in [5.41, 5.74) is 0. The average Bonchev–Trinajstić information content (AvgIpc) is 2.26. The van der Waals surface area contributed by atoms with Gasteiger partial charge >= 0.3 is 5.97 Å². The maximum absolute atomic E-state index is 11.0. The zero-order chi connectivity index (χ0) is 12.6. The molecule has 17 heavy (non-hydrogen) atoms. The highest BCUT2D eigenvalue weighted by Gasteiger charge is 2.17. The van der Waals surface area contributed by atoms with Crippen molar-refractivity contribution in [2.75, 3.05) is 19.7 Å². The number of likely N-dealkylation sites (N-methyl/N-ethyl adjacent to an activating group) is 1. The Balaban J connectivity index is 0. The van der Waals surface area contributed by atoms with Crippen molar-refractivity contribution < 1.29 is 14.3 Å². The Morgan fingerprint density at radius 3 is 2.29 bits per heavy atom. The quantitative estimate of drug-likeness (QED) is 0.422. The maximum Gasteiger partial charge on any atom is 0.330 e. The van der Waals surface area contributed by atoms with Gasteiger partial charge in [0.15, 0.2) is 0 Å². The lowest BCUT2D eigenvalue weighted by atomic mass is 10.4. The van der Waals surface area contributed by atoms with Crippen LogP contribution in [0, 0.1) is 0 Å². The van der Waals surface area contributed by atoms with Gasteiger partial charge in [-0.15, -0.1) is 12.4 Å². The maximum atomic E-state index is 11.0. The molecular weight excluding hydrogens is 244 g/mol. The molecular formula is C11H21ClN2O3. The normalized spacial score (nSPS) is 11.3. The average molecular weight is 265 g/mol. The molecule has 0 bridgehead atoms. The number of carbonyl (C=O) groups is 2.